The van der Waals surface area contributed by atoms with Crippen molar-refractivity contribution in [3.8, 4) is 0 Å². The van der Waals surface area contributed by atoms with Gasteiger partial charge in [-0.05, 0) is 23.8 Å². The van der Waals surface area contributed by atoms with Gasteiger partial charge in [-0.2, -0.15) is 8.78 Å². The average molecular weight is 397 g/mol. The van der Waals surface area contributed by atoms with Crippen LogP contribution in [0.25, 0.3) is 0 Å². The quantitative estimate of drug-likeness (QED) is 0.662. The molecule has 0 radical (unpaired) electrons. The Labute approximate surface area is 165 Å². The third-order valence-corrected chi connectivity index (χ3v) is 5.59. The molecule has 0 saturated carbocycles. The van der Waals surface area contributed by atoms with Crippen molar-refractivity contribution in [3.63, 3.8) is 0 Å². The molecule has 0 atom stereocenters. The van der Waals surface area contributed by atoms with Gasteiger partial charge in [-0.15, -0.1) is 10.2 Å². The lowest BCUT2D eigenvalue weighted by atomic mass is 9.75. The van der Waals surface area contributed by atoms with Crippen molar-refractivity contribution in [2.75, 3.05) is 18.1 Å². The summed E-state index contributed by atoms with van der Waals surface area (Å²) in [6.07, 6.45) is 4.63. The fourth-order valence-electron chi connectivity index (χ4n) is 3.94. The molecule has 29 heavy (non-hydrogen) atoms. The highest BCUT2D eigenvalue weighted by Crippen LogP contribution is 2.38. The smallest absolute Gasteiger partial charge is 0.321 e. The summed E-state index contributed by atoms with van der Waals surface area (Å²) in [5.74, 6) is 0.139. The first-order chi connectivity index (χ1) is 14.1. The van der Waals surface area contributed by atoms with E-state index >= 15 is 0 Å². The zero-order chi connectivity index (χ0) is 20.0. The van der Waals surface area contributed by atoms with Crippen LogP contribution in [0.2, 0.25) is 0 Å². The van der Waals surface area contributed by atoms with Crippen molar-refractivity contribution in [3.05, 3.63) is 71.6 Å². The van der Waals surface area contributed by atoms with E-state index in [1.54, 1.807) is 23.4 Å². The zero-order valence-electron chi connectivity index (χ0n) is 15.3. The number of hydrogen-bond acceptors (Lipinski definition) is 5. The fourth-order valence-corrected chi connectivity index (χ4v) is 3.94. The van der Waals surface area contributed by atoms with Crippen LogP contribution in [0.15, 0.2) is 49.1 Å². The van der Waals surface area contributed by atoms with E-state index in [2.05, 4.69) is 15.2 Å². The van der Waals surface area contributed by atoms with Crippen LogP contribution in [0.3, 0.4) is 0 Å². The summed E-state index contributed by atoms with van der Waals surface area (Å²) in [7, 11) is 0. The number of halogens is 2. The first-order valence-electron chi connectivity index (χ1n) is 9.17. The highest BCUT2D eigenvalue weighted by atomic mass is 19.3. The predicted molar refractivity (Wildman–Crippen MR) is 98.7 cm³/mol. The fraction of sp³-hybridized carbons (Fsp3) is 0.300. The van der Waals surface area contributed by atoms with Crippen LogP contribution in [0, 0.1) is 0 Å². The van der Waals surface area contributed by atoms with Crippen molar-refractivity contribution in [2.24, 2.45) is 0 Å². The monoisotopic (exact) mass is 397 g/mol. The van der Waals surface area contributed by atoms with E-state index in [0.29, 0.717) is 25.3 Å². The molecular formula is C20H17F2N5O2. The van der Waals surface area contributed by atoms with E-state index in [4.69, 9.17) is 4.74 Å². The lowest BCUT2D eigenvalue weighted by Crippen LogP contribution is -2.49. The first kappa shape index (κ1) is 17.9. The second kappa shape index (κ2) is 6.70. The molecule has 0 N–H and O–H groups in total. The SMILES string of the molecule is O=C1c2ccncc2CN1c1cccc(C2(Cc3nncn3C(F)F)COC2)c1. The van der Waals surface area contributed by atoms with Crippen LogP contribution >= 0.6 is 0 Å². The van der Waals surface area contributed by atoms with Crippen LogP contribution < -0.4 is 4.90 Å². The summed E-state index contributed by atoms with van der Waals surface area (Å²) in [6.45, 7) is -1.46. The maximum atomic E-state index is 13.2. The number of fused-ring (bicyclic) bond motifs is 1. The van der Waals surface area contributed by atoms with Gasteiger partial charge in [0.15, 0.2) is 0 Å². The number of hydrogen-bond donors (Lipinski definition) is 0. The van der Waals surface area contributed by atoms with Gasteiger partial charge in [-0.25, -0.2) is 0 Å². The molecule has 5 rings (SSSR count). The second-order valence-electron chi connectivity index (χ2n) is 7.36. The van der Waals surface area contributed by atoms with Crippen LogP contribution in [0.5, 0.6) is 0 Å². The summed E-state index contributed by atoms with van der Waals surface area (Å²) in [5.41, 5.74) is 2.73. The Kier molecular flexibility index (Phi) is 4.13. The highest BCUT2D eigenvalue weighted by molar-refractivity contribution is 6.09. The average Bonchev–Trinajstić information content (AvgIpc) is 3.30. The number of amides is 1. The number of carbonyl (C=O) groups is 1. The normalized spacial score (nSPS) is 17.5. The number of pyridine rings is 1. The lowest BCUT2D eigenvalue weighted by Gasteiger charge is -2.42. The molecule has 148 valence electrons. The molecule has 0 spiro atoms. The number of ether oxygens (including phenoxy) is 1. The molecule has 1 fully saturated rings. The van der Waals surface area contributed by atoms with Gasteiger partial charge in [0.05, 0.1) is 19.8 Å². The summed E-state index contributed by atoms with van der Waals surface area (Å²) >= 11 is 0. The molecule has 2 aliphatic rings. The van der Waals surface area contributed by atoms with Gasteiger partial charge in [0, 0.05) is 41.0 Å². The van der Waals surface area contributed by atoms with E-state index < -0.39 is 12.0 Å². The summed E-state index contributed by atoms with van der Waals surface area (Å²) in [4.78, 5) is 18.6. The predicted octanol–water partition coefficient (Wildman–Crippen LogP) is 2.74. The molecule has 7 nitrogen and oxygen atoms in total. The van der Waals surface area contributed by atoms with E-state index in [-0.39, 0.29) is 18.2 Å². The standard InChI is InChI=1S/C20H17F2N5O2/c21-19(22)27-12-24-25-17(27)7-20(10-29-11-20)14-2-1-3-15(6-14)26-9-13-8-23-5-4-16(13)18(26)28/h1-6,8,12,19H,7,9-11H2. The minimum Gasteiger partial charge on any atom is -0.379 e. The van der Waals surface area contributed by atoms with Crippen LogP contribution in [-0.4, -0.2) is 38.9 Å². The van der Waals surface area contributed by atoms with Gasteiger partial charge >= 0.3 is 6.55 Å². The van der Waals surface area contributed by atoms with Crippen LogP contribution in [0.1, 0.15) is 33.9 Å². The van der Waals surface area contributed by atoms with Crippen molar-refractivity contribution in [1.82, 2.24) is 19.7 Å². The largest absolute Gasteiger partial charge is 0.379 e. The molecular weight excluding hydrogens is 380 g/mol. The first-order valence-corrected chi connectivity index (χ1v) is 9.17. The number of alkyl halides is 2. The summed E-state index contributed by atoms with van der Waals surface area (Å²) in [5, 5.41) is 7.50. The molecule has 0 unspecified atom stereocenters. The molecule has 2 aromatic heterocycles. The van der Waals surface area contributed by atoms with Gasteiger partial charge < -0.3 is 9.64 Å². The Morgan fingerprint density at radius 1 is 1.24 bits per heavy atom. The minimum atomic E-state index is -2.70. The molecule has 0 bridgehead atoms. The third kappa shape index (κ3) is 2.89. The minimum absolute atomic E-state index is 0.0732. The van der Waals surface area contributed by atoms with E-state index in [0.717, 1.165) is 27.7 Å². The third-order valence-electron chi connectivity index (χ3n) is 5.59. The Balaban J connectivity index is 1.46. The number of rotatable bonds is 5. The van der Waals surface area contributed by atoms with Crippen LogP contribution in [-0.2, 0) is 23.1 Å². The van der Waals surface area contributed by atoms with Gasteiger partial charge in [-0.1, -0.05) is 12.1 Å². The van der Waals surface area contributed by atoms with Crippen molar-refractivity contribution < 1.29 is 18.3 Å². The number of aromatic nitrogens is 4. The Bertz CT molecular complexity index is 1080. The number of carbonyl (C=O) groups excluding carboxylic acids is 1. The van der Waals surface area contributed by atoms with Gasteiger partial charge in [0.25, 0.3) is 5.91 Å². The Morgan fingerprint density at radius 3 is 2.83 bits per heavy atom. The number of benzene rings is 1. The zero-order valence-corrected chi connectivity index (χ0v) is 15.3. The molecule has 1 saturated heterocycles. The maximum absolute atomic E-state index is 13.2. The van der Waals surface area contributed by atoms with Gasteiger partial charge in [0.1, 0.15) is 12.2 Å². The van der Waals surface area contributed by atoms with Gasteiger partial charge in [0.2, 0.25) is 0 Å². The highest BCUT2D eigenvalue weighted by Gasteiger charge is 2.42. The second-order valence-corrected chi connectivity index (χ2v) is 7.36. The van der Waals surface area contributed by atoms with Crippen molar-refractivity contribution in [1.29, 1.82) is 0 Å². The summed E-state index contributed by atoms with van der Waals surface area (Å²) in [6, 6.07) is 9.33. The molecule has 1 amide bonds. The maximum Gasteiger partial charge on any atom is 0.321 e. The molecule has 0 aliphatic carbocycles. The molecule has 2 aliphatic heterocycles. The Morgan fingerprint density at radius 2 is 2.10 bits per heavy atom. The lowest BCUT2D eigenvalue weighted by molar-refractivity contribution is -0.0623. The number of nitrogens with zero attached hydrogens (tertiary/aromatic N) is 5. The van der Waals surface area contributed by atoms with E-state index in [1.807, 2.05) is 24.3 Å². The van der Waals surface area contributed by atoms with Crippen molar-refractivity contribution >= 4 is 11.6 Å². The molecule has 3 aromatic rings. The van der Waals surface area contributed by atoms with E-state index in [1.165, 1.54) is 0 Å². The summed E-state index contributed by atoms with van der Waals surface area (Å²) < 4.78 is 32.6. The topological polar surface area (TPSA) is 73.1 Å². The van der Waals surface area contributed by atoms with E-state index in [9.17, 15) is 13.6 Å². The molecule has 9 heteroatoms. The Hall–Kier alpha value is -3.20. The molecule has 1 aromatic carbocycles. The van der Waals surface area contributed by atoms with Gasteiger partial charge in [-0.3, -0.25) is 14.3 Å². The van der Waals surface area contributed by atoms with Crippen molar-refractivity contribution in [2.45, 2.75) is 24.9 Å². The van der Waals surface area contributed by atoms with Crippen LogP contribution in [0.4, 0.5) is 14.5 Å². The number of anilines is 1. The molecule has 4 heterocycles.